The molecule has 6 heteroatoms. The number of unbranched alkanes of at least 4 members (excludes halogenated alkanes) is 2. The number of aliphatic carboxylic acids is 1. The van der Waals surface area contributed by atoms with Crippen molar-refractivity contribution in [1.29, 1.82) is 0 Å². The average molecular weight is 478 g/mol. The minimum atomic E-state index is -2.23. The molecule has 1 saturated carbocycles. The molecule has 0 spiro atoms. The van der Waals surface area contributed by atoms with Crippen molar-refractivity contribution >= 4 is 11.9 Å². The van der Waals surface area contributed by atoms with Crippen LogP contribution in [0.2, 0.25) is 0 Å². The molecule has 35 heavy (non-hydrogen) atoms. The van der Waals surface area contributed by atoms with E-state index in [2.05, 4.69) is 0 Å². The summed E-state index contributed by atoms with van der Waals surface area (Å²) < 4.78 is 39.0. The molecular weight excluding hydrogens is 445 g/mol. The van der Waals surface area contributed by atoms with E-state index in [-0.39, 0.29) is 23.6 Å². The number of hydrogen-bond donors (Lipinski definition) is 1. The molecule has 4 rings (SSSR count). The first-order valence-electron chi connectivity index (χ1n) is 12.9. The van der Waals surface area contributed by atoms with E-state index in [0.29, 0.717) is 50.0 Å². The molecule has 0 unspecified atom stereocenters. The third-order valence-electron chi connectivity index (χ3n) is 5.86. The molecule has 0 atom stereocenters. The fourth-order valence-electron chi connectivity index (χ4n) is 3.82. The summed E-state index contributed by atoms with van der Waals surface area (Å²) in [5.41, 5.74) is 1.48. The molecule has 0 saturated heterocycles. The molecule has 1 fully saturated rings. The van der Waals surface area contributed by atoms with Crippen LogP contribution in [-0.4, -0.2) is 34.5 Å². The summed E-state index contributed by atoms with van der Waals surface area (Å²) in [4.78, 5) is 25.4. The number of carboxylic acid groups (broad SMARTS) is 1. The molecule has 0 radical (unpaired) electrons. The van der Waals surface area contributed by atoms with Crippen LogP contribution >= 0.6 is 0 Å². The first kappa shape index (κ1) is 21.8. The summed E-state index contributed by atoms with van der Waals surface area (Å²) in [7, 11) is 0. The van der Waals surface area contributed by atoms with Crippen LogP contribution in [0.25, 0.3) is 11.1 Å². The number of carbonyl (C=O) groups is 2. The molecular formula is C29H30FNO4. The maximum Gasteiger partial charge on any atom is 0.303 e. The van der Waals surface area contributed by atoms with Crippen molar-refractivity contribution in [3.8, 4) is 16.9 Å². The van der Waals surface area contributed by atoms with E-state index in [4.69, 9.17) is 12.6 Å². The quantitative estimate of drug-likeness (QED) is 0.310. The van der Waals surface area contributed by atoms with Crippen molar-refractivity contribution in [2.75, 3.05) is 6.61 Å². The highest BCUT2D eigenvalue weighted by atomic mass is 19.1. The van der Waals surface area contributed by atoms with E-state index in [9.17, 15) is 9.59 Å². The summed E-state index contributed by atoms with van der Waals surface area (Å²) in [6, 6.07) is 20.0. The van der Waals surface area contributed by atoms with Gasteiger partial charge in [-0.3, -0.25) is 9.59 Å². The van der Waals surface area contributed by atoms with E-state index in [1.54, 1.807) is 30.3 Å². The van der Waals surface area contributed by atoms with Crippen LogP contribution in [0.4, 0.5) is 4.39 Å². The van der Waals surface area contributed by atoms with Crippen LogP contribution in [-0.2, 0) is 11.3 Å². The third-order valence-corrected chi connectivity index (χ3v) is 5.86. The summed E-state index contributed by atoms with van der Waals surface area (Å²) in [5.74, 6) is -1.92. The summed E-state index contributed by atoms with van der Waals surface area (Å²) in [5, 5.41) is 8.76. The molecule has 0 aliphatic heterocycles. The second-order valence-corrected chi connectivity index (χ2v) is 8.63. The smallest absolute Gasteiger partial charge is 0.303 e. The van der Waals surface area contributed by atoms with Gasteiger partial charge in [-0.2, -0.15) is 0 Å². The lowest BCUT2D eigenvalue weighted by molar-refractivity contribution is -0.137. The Labute approximate surface area is 208 Å². The van der Waals surface area contributed by atoms with Crippen LogP contribution < -0.4 is 4.74 Å². The summed E-state index contributed by atoms with van der Waals surface area (Å²) in [6.07, 6.45) is 3.21. The Balaban J connectivity index is 1.54. The molecule has 0 aromatic heterocycles. The van der Waals surface area contributed by atoms with Crippen molar-refractivity contribution in [2.45, 2.75) is 51.1 Å². The normalized spacial score (nSPS) is 14.1. The molecule has 1 amide bonds. The standard InChI is InChI=1S/C29H30FNO4/c30-26-19-22(21-9-3-1-4-10-21)14-17-25(26)29(34)31(24-15-16-24)20-23-11-6-7-12-27(23)35-18-8-2-5-13-28(32)33/h1,3-4,6-7,9-12,14,17,19,24H,2,5,8,13,15-16,18,20H2,(H,32,33)/i20D2. The predicted octanol–water partition coefficient (Wildman–Crippen LogP) is 6.32. The summed E-state index contributed by atoms with van der Waals surface area (Å²) >= 11 is 0. The third kappa shape index (κ3) is 6.69. The number of para-hydroxylation sites is 1. The molecule has 3 aromatic carbocycles. The Morgan fingerprint density at radius 2 is 1.71 bits per heavy atom. The Morgan fingerprint density at radius 1 is 0.971 bits per heavy atom. The topological polar surface area (TPSA) is 66.8 Å². The van der Waals surface area contributed by atoms with Gasteiger partial charge in [0, 0.05) is 24.5 Å². The molecule has 3 aromatic rings. The van der Waals surface area contributed by atoms with Crippen LogP contribution in [0.5, 0.6) is 5.75 Å². The van der Waals surface area contributed by atoms with Gasteiger partial charge in [-0.25, -0.2) is 4.39 Å². The van der Waals surface area contributed by atoms with E-state index in [1.807, 2.05) is 30.3 Å². The van der Waals surface area contributed by atoms with Gasteiger partial charge in [0.1, 0.15) is 11.6 Å². The number of nitrogens with zero attached hydrogens (tertiary/aromatic N) is 1. The minimum Gasteiger partial charge on any atom is -0.493 e. The number of carboxylic acids is 1. The Hall–Kier alpha value is -3.67. The van der Waals surface area contributed by atoms with Gasteiger partial charge in [-0.05, 0) is 61.4 Å². The van der Waals surface area contributed by atoms with Gasteiger partial charge in [0.15, 0.2) is 0 Å². The Bertz CT molecular complexity index is 1250. The van der Waals surface area contributed by atoms with E-state index in [0.717, 1.165) is 10.5 Å². The van der Waals surface area contributed by atoms with Gasteiger partial charge >= 0.3 is 5.97 Å². The molecule has 1 aliphatic carbocycles. The van der Waals surface area contributed by atoms with Crippen molar-refractivity contribution in [1.82, 2.24) is 4.90 Å². The number of amides is 1. The highest BCUT2D eigenvalue weighted by Gasteiger charge is 2.34. The van der Waals surface area contributed by atoms with Gasteiger partial charge in [0.2, 0.25) is 0 Å². The van der Waals surface area contributed by atoms with Crippen molar-refractivity contribution in [2.24, 2.45) is 0 Å². The fraction of sp³-hybridized carbons (Fsp3) is 0.310. The van der Waals surface area contributed by atoms with Gasteiger partial charge < -0.3 is 14.7 Å². The van der Waals surface area contributed by atoms with Gasteiger partial charge in [0.25, 0.3) is 5.91 Å². The highest BCUT2D eigenvalue weighted by molar-refractivity contribution is 5.95. The van der Waals surface area contributed by atoms with E-state index in [1.165, 1.54) is 12.1 Å². The van der Waals surface area contributed by atoms with Gasteiger partial charge in [0.05, 0.1) is 14.9 Å². The molecule has 0 bridgehead atoms. The maximum absolute atomic E-state index is 15.2. The zero-order chi connectivity index (χ0) is 26.4. The Morgan fingerprint density at radius 3 is 2.43 bits per heavy atom. The number of benzene rings is 3. The van der Waals surface area contributed by atoms with Crippen LogP contribution in [0.3, 0.4) is 0 Å². The molecule has 5 nitrogen and oxygen atoms in total. The second kappa shape index (κ2) is 11.6. The van der Waals surface area contributed by atoms with Crippen molar-refractivity contribution in [3.05, 3.63) is 89.7 Å². The lowest BCUT2D eigenvalue weighted by Gasteiger charge is -2.24. The lowest BCUT2D eigenvalue weighted by Crippen LogP contribution is -2.33. The first-order valence-corrected chi connectivity index (χ1v) is 11.9. The van der Waals surface area contributed by atoms with Crippen molar-refractivity contribution in [3.63, 3.8) is 0 Å². The highest BCUT2D eigenvalue weighted by Crippen LogP contribution is 2.33. The summed E-state index contributed by atoms with van der Waals surface area (Å²) in [6.45, 7) is -1.94. The predicted molar refractivity (Wildman–Crippen MR) is 133 cm³/mol. The number of ether oxygens (including phenoxy) is 1. The Kier molecular flexibility index (Phi) is 7.27. The number of hydrogen-bond acceptors (Lipinski definition) is 3. The van der Waals surface area contributed by atoms with E-state index < -0.39 is 24.2 Å². The van der Waals surface area contributed by atoms with Crippen LogP contribution in [0.1, 0.15) is 57.2 Å². The monoisotopic (exact) mass is 477 g/mol. The SMILES string of the molecule is [2H]C([2H])(c1ccccc1OCCCCCC(=O)O)N(C(=O)c1ccc(-c2ccccc2)cc1F)C1CC1. The number of carbonyl (C=O) groups excluding carboxylic acids is 1. The fourth-order valence-corrected chi connectivity index (χ4v) is 3.82. The number of halogens is 1. The molecule has 182 valence electrons. The molecule has 0 heterocycles. The van der Waals surface area contributed by atoms with Crippen LogP contribution in [0, 0.1) is 5.82 Å². The number of rotatable bonds is 12. The molecule has 1 aliphatic rings. The zero-order valence-electron chi connectivity index (χ0n) is 21.5. The van der Waals surface area contributed by atoms with Crippen molar-refractivity contribution < 1.29 is 26.6 Å². The maximum atomic E-state index is 15.2. The average Bonchev–Trinajstić information content (AvgIpc) is 3.71. The van der Waals surface area contributed by atoms with Crippen LogP contribution in [0.15, 0.2) is 72.8 Å². The van der Waals surface area contributed by atoms with Gasteiger partial charge in [-0.15, -0.1) is 0 Å². The van der Waals surface area contributed by atoms with Gasteiger partial charge in [-0.1, -0.05) is 54.6 Å². The van der Waals surface area contributed by atoms with E-state index >= 15 is 4.39 Å². The largest absolute Gasteiger partial charge is 0.493 e. The first-order chi connectivity index (χ1) is 17.8. The second-order valence-electron chi connectivity index (χ2n) is 8.63. The zero-order valence-corrected chi connectivity index (χ0v) is 19.5. The lowest BCUT2D eigenvalue weighted by atomic mass is 10.0. The molecule has 1 N–H and O–H groups in total. The minimum absolute atomic E-state index is 0.0977.